The first-order valence-corrected chi connectivity index (χ1v) is 6.20. The summed E-state index contributed by atoms with van der Waals surface area (Å²) in [5, 5.41) is 3.38. The third kappa shape index (κ3) is 4.02. The van der Waals surface area contributed by atoms with E-state index in [1.165, 1.54) is 12.1 Å². The quantitative estimate of drug-likeness (QED) is 0.897. The number of ether oxygens (including phenoxy) is 1. The normalized spacial score (nSPS) is 24.4. The molecule has 0 saturated carbocycles. The van der Waals surface area contributed by atoms with E-state index in [1.807, 2.05) is 0 Å². The topological polar surface area (TPSA) is 24.5 Å². The minimum absolute atomic E-state index is 0.177. The molecule has 2 atom stereocenters. The van der Waals surface area contributed by atoms with Crippen LogP contribution in [0.1, 0.15) is 13.8 Å². The van der Waals surface area contributed by atoms with E-state index in [0.717, 1.165) is 18.8 Å². The number of hydrogen-bond acceptors (Lipinski definition) is 3. The van der Waals surface area contributed by atoms with Crippen molar-refractivity contribution in [3.05, 3.63) is 24.3 Å². The maximum Gasteiger partial charge on any atom is 0.573 e. The number of benzene rings is 1. The van der Waals surface area contributed by atoms with Crippen LogP contribution in [0.4, 0.5) is 18.9 Å². The molecule has 1 aliphatic heterocycles. The zero-order valence-corrected chi connectivity index (χ0v) is 10.9. The number of nitrogens with one attached hydrogen (secondary N) is 1. The van der Waals surface area contributed by atoms with Crippen LogP contribution in [-0.4, -0.2) is 31.5 Å². The van der Waals surface area contributed by atoms with Gasteiger partial charge in [0.05, 0.1) is 0 Å². The third-order valence-corrected chi connectivity index (χ3v) is 2.97. The molecule has 106 valence electrons. The Labute approximate surface area is 110 Å². The Morgan fingerprint density at radius 2 is 1.84 bits per heavy atom. The Bertz CT molecular complexity index is 426. The average Bonchev–Trinajstić information content (AvgIpc) is 2.25. The zero-order chi connectivity index (χ0) is 14.0. The van der Waals surface area contributed by atoms with Crippen molar-refractivity contribution >= 4 is 5.69 Å². The molecule has 1 saturated heterocycles. The van der Waals surface area contributed by atoms with Crippen molar-refractivity contribution in [2.45, 2.75) is 32.3 Å². The van der Waals surface area contributed by atoms with Gasteiger partial charge in [-0.25, -0.2) is 0 Å². The summed E-state index contributed by atoms with van der Waals surface area (Å²) in [4.78, 5) is 2.06. The van der Waals surface area contributed by atoms with Crippen molar-refractivity contribution < 1.29 is 17.9 Å². The fraction of sp³-hybridized carbons (Fsp3) is 0.538. The van der Waals surface area contributed by atoms with Crippen LogP contribution in [0.5, 0.6) is 5.75 Å². The van der Waals surface area contributed by atoms with E-state index in [4.69, 9.17) is 0 Å². The molecule has 1 aromatic rings. The molecule has 0 amide bonds. The minimum atomic E-state index is -4.65. The van der Waals surface area contributed by atoms with Gasteiger partial charge in [0.15, 0.2) is 0 Å². The maximum absolute atomic E-state index is 12.2. The van der Waals surface area contributed by atoms with Crippen molar-refractivity contribution in [2.24, 2.45) is 0 Å². The highest BCUT2D eigenvalue weighted by atomic mass is 19.4. The molecule has 0 aromatic heterocycles. The van der Waals surface area contributed by atoms with Gasteiger partial charge in [0.2, 0.25) is 0 Å². The molecule has 19 heavy (non-hydrogen) atoms. The van der Waals surface area contributed by atoms with Gasteiger partial charge < -0.3 is 15.0 Å². The van der Waals surface area contributed by atoms with Crippen molar-refractivity contribution in [3.8, 4) is 5.75 Å². The van der Waals surface area contributed by atoms with Crippen LogP contribution >= 0.6 is 0 Å². The number of hydrogen-bond donors (Lipinski definition) is 1. The lowest BCUT2D eigenvalue weighted by atomic mass is 10.1. The molecule has 0 unspecified atom stereocenters. The Kier molecular flexibility index (Phi) is 3.89. The first-order valence-electron chi connectivity index (χ1n) is 6.20. The summed E-state index contributed by atoms with van der Waals surface area (Å²) in [7, 11) is 0. The largest absolute Gasteiger partial charge is 0.573 e. The lowest BCUT2D eigenvalue weighted by Gasteiger charge is -2.37. The Morgan fingerprint density at radius 3 is 2.42 bits per heavy atom. The predicted octanol–water partition coefficient (Wildman–Crippen LogP) is 2.77. The summed E-state index contributed by atoms with van der Waals surface area (Å²) in [6.45, 7) is 5.64. The molecule has 1 aliphatic rings. The number of alkyl halides is 3. The first-order chi connectivity index (χ1) is 8.83. The van der Waals surface area contributed by atoms with Gasteiger partial charge in [-0.3, -0.25) is 0 Å². The van der Waals surface area contributed by atoms with Gasteiger partial charge >= 0.3 is 6.36 Å². The zero-order valence-electron chi connectivity index (χ0n) is 10.9. The van der Waals surface area contributed by atoms with Crippen molar-refractivity contribution in [1.29, 1.82) is 0 Å². The molecule has 0 radical (unpaired) electrons. The average molecular weight is 274 g/mol. The van der Waals surface area contributed by atoms with Crippen LogP contribution in [0.25, 0.3) is 0 Å². The van der Waals surface area contributed by atoms with Crippen molar-refractivity contribution in [3.63, 3.8) is 0 Å². The number of nitrogens with zero attached hydrogens (tertiary/aromatic N) is 1. The van der Waals surface area contributed by atoms with Crippen LogP contribution in [0, 0.1) is 0 Å². The molecule has 1 aromatic carbocycles. The summed E-state index contributed by atoms with van der Waals surface area (Å²) in [6, 6.07) is 6.72. The Hall–Kier alpha value is -1.43. The van der Waals surface area contributed by atoms with Crippen LogP contribution in [0.2, 0.25) is 0 Å². The molecule has 1 heterocycles. The first kappa shape index (κ1) is 14.0. The molecule has 1 N–H and O–H groups in total. The second-order valence-corrected chi connectivity index (χ2v) is 4.92. The van der Waals surface area contributed by atoms with Gasteiger partial charge in [0, 0.05) is 36.9 Å². The van der Waals surface area contributed by atoms with E-state index in [9.17, 15) is 13.2 Å². The lowest BCUT2D eigenvalue weighted by Crippen LogP contribution is -2.54. The van der Waals surface area contributed by atoms with Gasteiger partial charge in [0.1, 0.15) is 5.75 Å². The molecule has 6 heteroatoms. The van der Waals surface area contributed by atoms with E-state index in [2.05, 4.69) is 28.8 Å². The standard InChI is InChI=1S/C13H17F3N2O/c1-9-7-18(8-10(2)17-9)11-4-3-5-12(6-11)19-13(14,15)16/h3-6,9-10,17H,7-8H2,1-2H3/t9-,10+. The molecule has 1 fully saturated rings. The van der Waals surface area contributed by atoms with E-state index in [1.54, 1.807) is 12.1 Å². The summed E-state index contributed by atoms with van der Waals surface area (Å²) in [5.74, 6) is -0.177. The van der Waals surface area contributed by atoms with Gasteiger partial charge in [0.25, 0.3) is 0 Å². The smallest absolute Gasteiger partial charge is 0.406 e. The second kappa shape index (κ2) is 5.28. The molecular formula is C13H17F3N2O. The van der Waals surface area contributed by atoms with Gasteiger partial charge in [-0.05, 0) is 26.0 Å². The molecule has 0 bridgehead atoms. The molecule has 3 nitrogen and oxygen atoms in total. The van der Waals surface area contributed by atoms with Gasteiger partial charge in [-0.1, -0.05) is 6.07 Å². The van der Waals surface area contributed by atoms with Gasteiger partial charge in [-0.2, -0.15) is 0 Å². The minimum Gasteiger partial charge on any atom is -0.406 e. The fourth-order valence-electron chi connectivity index (χ4n) is 2.41. The predicted molar refractivity (Wildman–Crippen MR) is 67.4 cm³/mol. The van der Waals surface area contributed by atoms with E-state index < -0.39 is 6.36 Å². The maximum atomic E-state index is 12.2. The number of halogens is 3. The van der Waals surface area contributed by atoms with E-state index in [-0.39, 0.29) is 5.75 Å². The summed E-state index contributed by atoms with van der Waals surface area (Å²) in [5.41, 5.74) is 0.752. The monoisotopic (exact) mass is 274 g/mol. The second-order valence-electron chi connectivity index (χ2n) is 4.92. The highest BCUT2D eigenvalue weighted by Gasteiger charge is 2.31. The highest BCUT2D eigenvalue weighted by molar-refractivity contribution is 5.51. The SMILES string of the molecule is C[C@@H]1CN(c2cccc(OC(F)(F)F)c2)C[C@H](C)N1. The van der Waals surface area contributed by atoms with E-state index in [0.29, 0.717) is 12.1 Å². The molecule has 0 aliphatic carbocycles. The van der Waals surface area contributed by atoms with Crippen LogP contribution in [0.15, 0.2) is 24.3 Å². The van der Waals surface area contributed by atoms with E-state index >= 15 is 0 Å². The Balaban J connectivity index is 2.14. The van der Waals surface area contributed by atoms with Crippen molar-refractivity contribution in [1.82, 2.24) is 5.32 Å². The summed E-state index contributed by atoms with van der Waals surface area (Å²) >= 11 is 0. The van der Waals surface area contributed by atoms with Crippen LogP contribution in [0.3, 0.4) is 0 Å². The Morgan fingerprint density at radius 1 is 1.21 bits per heavy atom. The third-order valence-electron chi connectivity index (χ3n) is 2.97. The molecule has 2 rings (SSSR count). The fourth-order valence-corrected chi connectivity index (χ4v) is 2.41. The van der Waals surface area contributed by atoms with Crippen LogP contribution in [-0.2, 0) is 0 Å². The van der Waals surface area contributed by atoms with Gasteiger partial charge in [-0.15, -0.1) is 13.2 Å². The number of rotatable bonds is 2. The van der Waals surface area contributed by atoms with Crippen LogP contribution < -0.4 is 15.0 Å². The van der Waals surface area contributed by atoms with Crippen molar-refractivity contribution in [2.75, 3.05) is 18.0 Å². The molecule has 0 spiro atoms. The highest BCUT2D eigenvalue weighted by Crippen LogP contribution is 2.27. The number of piperazine rings is 1. The molecular weight excluding hydrogens is 257 g/mol. The summed E-state index contributed by atoms with van der Waals surface area (Å²) in [6.07, 6.45) is -4.65. The lowest BCUT2D eigenvalue weighted by molar-refractivity contribution is -0.274. The summed E-state index contributed by atoms with van der Waals surface area (Å²) < 4.78 is 40.5. The number of anilines is 1.